The number of carboxylic acid groups (broad SMARTS) is 1. The van der Waals surface area contributed by atoms with E-state index in [1.54, 1.807) is 0 Å². The monoisotopic (exact) mass is 283 g/mol. The van der Waals surface area contributed by atoms with Gasteiger partial charge in [0.2, 0.25) is 5.91 Å². The molecule has 114 valence electrons. The van der Waals surface area contributed by atoms with E-state index >= 15 is 0 Å². The molecule has 0 spiro atoms. The van der Waals surface area contributed by atoms with Crippen LogP contribution in [0, 0.1) is 17.8 Å². The highest BCUT2D eigenvalue weighted by Crippen LogP contribution is 2.38. The highest BCUT2D eigenvalue weighted by molar-refractivity contribution is 5.85. The number of rotatable bonds is 4. The smallest absolute Gasteiger partial charge is 0.307 e. The predicted molar refractivity (Wildman–Crippen MR) is 74.0 cm³/mol. The maximum absolute atomic E-state index is 12.3. The van der Waals surface area contributed by atoms with Gasteiger partial charge in [0.05, 0.1) is 17.9 Å². The molecule has 0 saturated heterocycles. The van der Waals surface area contributed by atoms with Gasteiger partial charge < -0.3 is 15.5 Å². The van der Waals surface area contributed by atoms with Gasteiger partial charge in [-0.3, -0.25) is 9.59 Å². The molecule has 0 aliphatic heterocycles. The molecular formula is C15H25NO4. The third kappa shape index (κ3) is 3.51. The van der Waals surface area contributed by atoms with Crippen molar-refractivity contribution in [3.8, 4) is 0 Å². The van der Waals surface area contributed by atoms with E-state index in [9.17, 15) is 19.8 Å². The fourth-order valence-electron chi connectivity index (χ4n) is 3.64. The van der Waals surface area contributed by atoms with E-state index < -0.39 is 17.8 Å². The van der Waals surface area contributed by atoms with Crippen molar-refractivity contribution in [2.75, 3.05) is 0 Å². The first-order valence-electron chi connectivity index (χ1n) is 7.72. The molecule has 0 aromatic rings. The van der Waals surface area contributed by atoms with Crippen molar-refractivity contribution in [1.29, 1.82) is 0 Å². The number of carbonyl (C=O) groups excluding carboxylic acids is 1. The minimum Gasteiger partial charge on any atom is -0.481 e. The second-order valence-electron chi connectivity index (χ2n) is 6.32. The van der Waals surface area contributed by atoms with Crippen LogP contribution in [0.4, 0.5) is 0 Å². The Kier molecular flexibility index (Phi) is 5.02. The molecule has 3 unspecified atom stereocenters. The lowest BCUT2D eigenvalue weighted by Crippen LogP contribution is -2.44. The summed E-state index contributed by atoms with van der Waals surface area (Å²) in [5.41, 5.74) is 0. The summed E-state index contributed by atoms with van der Waals surface area (Å²) in [5.74, 6) is -1.61. The summed E-state index contributed by atoms with van der Waals surface area (Å²) >= 11 is 0. The Bertz CT molecular complexity index is 371. The van der Waals surface area contributed by atoms with E-state index in [0.29, 0.717) is 25.2 Å². The molecule has 0 radical (unpaired) electrons. The van der Waals surface area contributed by atoms with Crippen LogP contribution in [0.1, 0.15) is 51.9 Å². The number of amides is 1. The van der Waals surface area contributed by atoms with Crippen LogP contribution in [-0.4, -0.2) is 34.2 Å². The summed E-state index contributed by atoms with van der Waals surface area (Å²) in [6.07, 6.45) is 5.05. The first kappa shape index (κ1) is 15.3. The van der Waals surface area contributed by atoms with E-state index in [1.165, 1.54) is 0 Å². The molecule has 2 saturated carbocycles. The van der Waals surface area contributed by atoms with Crippen LogP contribution >= 0.6 is 0 Å². The number of aliphatic hydroxyl groups excluding tert-OH is 1. The summed E-state index contributed by atoms with van der Waals surface area (Å²) in [4.78, 5) is 23.6. The summed E-state index contributed by atoms with van der Waals surface area (Å²) in [5, 5.41) is 21.9. The minimum atomic E-state index is -0.857. The quantitative estimate of drug-likeness (QED) is 0.730. The normalized spacial score (nSPS) is 37.6. The number of aliphatic carboxylic acids is 1. The molecule has 3 N–H and O–H groups in total. The van der Waals surface area contributed by atoms with Crippen molar-refractivity contribution in [3.05, 3.63) is 0 Å². The number of hydrogen-bond donors (Lipinski definition) is 3. The van der Waals surface area contributed by atoms with Crippen molar-refractivity contribution in [2.24, 2.45) is 17.8 Å². The predicted octanol–water partition coefficient (Wildman–Crippen LogP) is 1.54. The Morgan fingerprint density at radius 1 is 1.15 bits per heavy atom. The van der Waals surface area contributed by atoms with Gasteiger partial charge in [-0.05, 0) is 44.4 Å². The number of nitrogens with one attached hydrogen (secondary N) is 1. The molecule has 2 fully saturated rings. The summed E-state index contributed by atoms with van der Waals surface area (Å²) in [6.45, 7) is 2.04. The zero-order valence-electron chi connectivity index (χ0n) is 12.0. The van der Waals surface area contributed by atoms with Crippen LogP contribution in [0.2, 0.25) is 0 Å². The lowest BCUT2D eigenvalue weighted by molar-refractivity contribution is -0.146. The standard InChI is InChI=1S/C15H25NO4/c1-2-9-6-12(13(7-9)15(19)20)14(18)16-10-4-3-5-11(17)8-10/h9-13,17H,2-8H2,1H3,(H,16,18)(H,19,20)/t9?,10?,11?,12-,13+/m0/s1. The van der Waals surface area contributed by atoms with Crippen LogP contribution in [0.5, 0.6) is 0 Å². The third-order valence-corrected chi connectivity index (χ3v) is 4.88. The molecule has 5 atom stereocenters. The molecule has 20 heavy (non-hydrogen) atoms. The summed E-state index contributed by atoms with van der Waals surface area (Å²) in [6, 6.07) is 0.00127. The number of hydrogen-bond acceptors (Lipinski definition) is 3. The molecule has 0 aromatic heterocycles. The second-order valence-corrected chi connectivity index (χ2v) is 6.32. The molecule has 0 heterocycles. The molecule has 1 amide bonds. The molecule has 2 rings (SSSR count). The molecule has 0 aromatic carbocycles. The lowest BCUT2D eigenvalue weighted by atomic mass is 9.91. The van der Waals surface area contributed by atoms with E-state index in [0.717, 1.165) is 25.7 Å². The van der Waals surface area contributed by atoms with Crippen LogP contribution in [0.25, 0.3) is 0 Å². The van der Waals surface area contributed by atoms with Gasteiger partial charge in [-0.2, -0.15) is 0 Å². The van der Waals surface area contributed by atoms with Crippen LogP contribution in [0.15, 0.2) is 0 Å². The van der Waals surface area contributed by atoms with Gasteiger partial charge in [0.25, 0.3) is 0 Å². The highest BCUT2D eigenvalue weighted by Gasteiger charge is 2.42. The van der Waals surface area contributed by atoms with E-state index in [-0.39, 0.29) is 18.1 Å². The second kappa shape index (κ2) is 6.57. The average molecular weight is 283 g/mol. The Morgan fingerprint density at radius 2 is 1.85 bits per heavy atom. The molecule has 2 aliphatic rings. The average Bonchev–Trinajstić information content (AvgIpc) is 2.83. The van der Waals surface area contributed by atoms with E-state index in [4.69, 9.17) is 0 Å². The Hall–Kier alpha value is -1.10. The topological polar surface area (TPSA) is 86.6 Å². The van der Waals surface area contributed by atoms with Crippen molar-refractivity contribution in [2.45, 2.75) is 64.0 Å². The van der Waals surface area contributed by atoms with E-state index in [1.807, 2.05) is 6.92 Å². The maximum atomic E-state index is 12.3. The van der Waals surface area contributed by atoms with Crippen molar-refractivity contribution in [1.82, 2.24) is 5.32 Å². The zero-order valence-corrected chi connectivity index (χ0v) is 12.0. The first-order chi connectivity index (χ1) is 9.51. The fraction of sp³-hybridized carbons (Fsp3) is 0.867. The van der Waals surface area contributed by atoms with Gasteiger partial charge in [-0.15, -0.1) is 0 Å². The Morgan fingerprint density at radius 3 is 2.45 bits per heavy atom. The molecular weight excluding hydrogens is 258 g/mol. The summed E-state index contributed by atoms with van der Waals surface area (Å²) in [7, 11) is 0. The van der Waals surface area contributed by atoms with Crippen molar-refractivity contribution >= 4 is 11.9 Å². The maximum Gasteiger partial charge on any atom is 0.307 e. The fourth-order valence-corrected chi connectivity index (χ4v) is 3.64. The number of carboxylic acids is 1. The number of aliphatic hydroxyl groups is 1. The van der Waals surface area contributed by atoms with E-state index in [2.05, 4.69) is 5.32 Å². The van der Waals surface area contributed by atoms with Gasteiger partial charge in [-0.25, -0.2) is 0 Å². The van der Waals surface area contributed by atoms with Crippen LogP contribution in [0.3, 0.4) is 0 Å². The van der Waals surface area contributed by atoms with Gasteiger partial charge in [0.15, 0.2) is 0 Å². The van der Waals surface area contributed by atoms with Crippen molar-refractivity contribution in [3.63, 3.8) is 0 Å². The van der Waals surface area contributed by atoms with Gasteiger partial charge in [-0.1, -0.05) is 13.3 Å². The van der Waals surface area contributed by atoms with Crippen molar-refractivity contribution < 1.29 is 19.8 Å². The highest BCUT2D eigenvalue weighted by atomic mass is 16.4. The van der Waals surface area contributed by atoms with Gasteiger partial charge >= 0.3 is 5.97 Å². The Balaban J connectivity index is 1.94. The van der Waals surface area contributed by atoms with Gasteiger partial charge in [0.1, 0.15) is 0 Å². The lowest BCUT2D eigenvalue weighted by Gasteiger charge is -2.28. The summed E-state index contributed by atoms with van der Waals surface area (Å²) < 4.78 is 0. The molecule has 2 aliphatic carbocycles. The zero-order chi connectivity index (χ0) is 14.7. The minimum absolute atomic E-state index is 0.00127. The van der Waals surface area contributed by atoms with Crippen LogP contribution < -0.4 is 5.32 Å². The van der Waals surface area contributed by atoms with Crippen LogP contribution in [-0.2, 0) is 9.59 Å². The first-order valence-corrected chi connectivity index (χ1v) is 7.72. The largest absolute Gasteiger partial charge is 0.481 e. The van der Waals surface area contributed by atoms with Gasteiger partial charge in [0, 0.05) is 6.04 Å². The SMILES string of the molecule is CCC1C[C@H](C(=O)NC2CCCC(O)C2)[C@H](C(=O)O)C1. The Labute approximate surface area is 119 Å². The number of carbonyl (C=O) groups is 2. The molecule has 5 heteroatoms. The molecule has 5 nitrogen and oxygen atoms in total. The molecule has 0 bridgehead atoms. The third-order valence-electron chi connectivity index (χ3n) is 4.88.